The van der Waals surface area contributed by atoms with Gasteiger partial charge in [-0.25, -0.2) is 0 Å². The van der Waals surface area contributed by atoms with E-state index < -0.39 is 0 Å². The number of nitrogens with two attached hydrogens (primary N) is 1. The molecule has 3 nitrogen and oxygen atoms in total. The normalized spacial score (nSPS) is 10.2. The van der Waals surface area contributed by atoms with E-state index in [1.807, 2.05) is 26.0 Å². The summed E-state index contributed by atoms with van der Waals surface area (Å²) in [6, 6.07) is 3.80. The third-order valence-electron chi connectivity index (χ3n) is 2.79. The van der Waals surface area contributed by atoms with Gasteiger partial charge in [0.1, 0.15) is 0 Å². The molecule has 0 unspecified atom stereocenters. The molecule has 1 rings (SSSR count). The maximum Gasteiger partial charge on any atom is 0.224 e. The second-order valence-electron chi connectivity index (χ2n) is 4.12. The first kappa shape index (κ1) is 12.6. The van der Waals surface area contributed by atoms with Crippen LogP contribution in [0.25, 0.3) is 0 Å². The molecular weight excluding hydrogens is 200 g/mol. The summed E-state index contributed by atoms with van der Waals surface area (Å²) in [6.45, 7) is 6.05. The number of hydrogen-bond donors (Lipinski definition) is 2. The molecule has 16 heavy (non-hydrogen) atoms. The first-order chi connectivity index (χ1) is 7.56. The van der Waals surface area contributed by atoms with E-state index in [-0.39, 0.29) is 5.91 Å². The predicted molar refractivity (Wildman–Crippen MR) is 68.5 cm³/mol. The van der Waals surface area contributed by atoms with Crippen LogP contribution in [-0.4, -0.2) is 5.91 Å². The molecular formula is C13H20N2O. The van der Waals surface area contributed by atoms with Crippen LogP contribution in [0.1, 0.15) is 37.3 Å². The van der Waals surface area contributed by atoms with Crippen LogP contribution in [0.15, 0.2) is 12.1 Å². The second-order valence-corrected chi connectivity index (χ2v) is 4.12. The number of nitrogens with one attached hydrogen (secondary N) is 1. The number of benzene rings is 1. The summed E-state index contributed by atoms with van der Waals surface area (Å²) in [4.78, 5) is 11.6. The maximum absolute atomic E-state index is 11.6. The highest BCUT2D eigenvalue weighted by molar-refractivity contribution is 5.95. The number of carbonyl (C=O) groups is 1. The largest absolute Gasteiger partial charge is 0.397 e. The van der Waals surface area contributed by atoms with Crippen LogP contribution in [0.3, 0.4) is 0 Å². The van der Waals surface area contributed by atoms with Crippen molar-refractivity contribution >= 4 is 17.3 Å². The smallest absolute Gasteiger partial charge is 0.224 e. The van der Waals surface area contributed by atoms with Crippen molar-refractivity contribution in [3.63, 3.8) is 0 Å². The zero-order valence-electron chi connectivity index (χ0n) is 10.3. The van der Waals surface area contributed by atoms with E-state index in [1.165, 1.54) is 0 Å². The van der Waals surface area contributed by atoms with Crippen LogP contribution >= 0.6 is 0 Å². The summed E-state index contributed by atoms with van der Waals surface area (Å²) in [5, 5.41) is 2.89. The van der Waals surface area contributed by atoms with Gasteiger partial charge in [-0.2, -0.15) is 0 Å². The van der Waals surface area contributed by atoms with Crippen molar-refractivity contribution in [2.24, 2.45) is 0 Å². The van der Waals surface area contributed by atoms with E-state index in [0.29, 0.717) is 12.1 Å². The van der Waals surface area contributed by atoms with Crippen molar-refractivity contribution in [3.05, 3.63) is 23.3 Å². The van der Waals surface area contributed by atoms with Gasteiger partial charge in [0.05, 0.1) is 11.4 Å². The average molecular weight is 220 g/mol. The van der Waals surface area contributed by atoms with Gasteiger partial charge in [0, 0.05) is 6.42 Å². The third-order valence-corrected chi connectivity index (χ3v) is 2.79. The standard InChI is InChI=1S/C13H20N2O/c1-4-5-6-12(16)15-13-10(3)9(2)7-8-11(13)14/h7-8H,4-6,14H2,1-3H3,(H,15,16). The van der Waals surface area contributed by atoms with E-state index in [0.717, 1.165) is 29.7 Å². The fraction of sp³-hybridized carbons (Fsp3) is 0.462. The van der Waals surface area contributed by atoms with E-state index in [1.54, 1.807) is 0 Å². The molecule has 1 amide bonds. The maximum atomic E-state index is 11.6. The number of nitrogen functional groups attached to an aromatic ring is 1. The molecule has 1 aromatic rings. The number of rotatable bonds is 4. The van der Waals surface area contributed by atoms with Gasteiger partial charge in [0.2, 0.25) is 5.91 Å². The van der Waals surface area contributed by atoms with Crippen LogP contribution < -0.4 is 11.1 Å². The van der Waals surface area contributed by atoms with Crippen molar-refractivity contribution in [2.45, 2.75) is 40.0 Å². The first-order valence-corrected chi connectivity index (χ1v) is 5.71. The number of carbonyl (C=O) groups excluding carboxylic acids is 1. The molecule has 0 aromatic heterocycles. The molecule has 0 saturated heterocycles. The van der Waals surface area contributed by atoms with Crippen molar-refractivity contribution in [1.29, 1.82) is 0 Å². The van der Waals surface area contributed by atoms with Gasteiger partial charge in [0.15, 0.2) is 0 Å². The van der Waals surface area contributed by atoms with Crippen molar-refractivity contribution in [3.8, 4) is 0 Å². The fourth-order valence-electron chi connectivity index (χ4n) is 1.54. The summed E-state index contributed by atoms with van der Waals surface area (Å²) in [6.07, 6.45) is 2.50. The van der Waals surface area contributed by atoms with Gasteiger partial charge in [-0.15, -0.1) is 0 Å². The monoisotopic (exact) mass is 220 g/mol. The molecule has 0 aliphatic heterocycles. The second kappa shape index (κ2) is 5.54. The Bertz CT molecular complexity index is 386. The lowest BCUT2D eigenvalue weighted by Crippen LogP contribution is -2.14. The molecule has 0 radical (unpaired) electrons. The number of aryl methyl sites for hydroxylation is 1. The minimum Gasteiger partial charge on any atom is -0.397 e. The first-order valence-electron chi connectivity index (χ1n) is 5.71. The Morgan fingerprint density at radius 3 is 2.69 bits per heavy atom. The Labute approximate surface area is 97.0 Å². The minimum atomic E-state index is 0.0438. The zero-order valence-corrected chi connectivity index (χ0v) is 10.3. The molecule has 0 atom stereocenters. The minimum absolute atomic E-state index is 0.0438. The van der Waals surface area contributed by atoms with Gasteiger partial charge in [-0.1, -0.05) is 19.4 Å². The Kier molecular flexibility index (Phi) is 4.35. The Hall–Kier alpha value is -1.51. The number of hydrogen-bond acceptors (Lipinski definition) is 2. The Balaban J connectivity index is 2.80. The third kappa shape index (κ3) is 2.99. The Morgan fingerprint density at radius 2 is 2.06 bits per heavy atom. The van der Waals surface area contributed by atoms with Crippen LogP contribution in [0, 0.1) is 13.8 Å². The zero-order chi connectivity index (χ0) is 12.1. The van der Waals surface area contributed by atoms with Gasteiger partial charge >= 0.3 is 0 Å². The number of amides is 1. The summed E-state index contributed by atoms with van der Waals surface area (Å²) in [5.41, 5.74) is 9.43. The lowest BCUT2D eigenvalue weighted by molar-refractivity contribution is -0.116. The SMILES string of the molecule is CCCCC(=O)Nc1c(N)ccc(C)c1C. The lowest BCUT2D eigenvalue weighted by atomic mass is 10.1. The van der Waals surface area contributed by atoms with Crippen LogP contribution in [0.5, 0.6) is 0 Å². The summed E-state index contributed by atoms with van der Waals surface area (Å²) < 4.78 is 0. The quantitative estimate of drug-likeness (QED) is 0.766. The highest BCUT2D eigenvalue weighted by Crippen LogP contribution is 2.25. The Morgan fingerprint density at radius 1 is 1.38 bits per heavy atom. The van der Waals surface area contributed by atoms with E-state index in [9.17, 15) is 4.79 Å². The van der Waals surface area contributed by atoms with Crippen LogP contribution in [0.2, 0.25) is 0 Å². The van der Waals surface area contributed by atoms with Crippen molar-refractivity contribution in [2.75, 3.05) is 11.1 Å². The molecule has 0 aliphatic carbocycles. The molecule has 0 saturated carbocycles. The van der Waals surface area contributed by atoms with Gasteiger partial charge in [-0.3, -0.25) is 4.79 Å². The lowest BCUT2D eigenvalue weighted by Gasteiger charge is -2.13. The highest BCUT2D eigenvalue weighted by Gasteiger charge is 2.08. The molecule has 0 bridgehead atoms. The fourth-order valence-corrected chi connectivity index (χ4v) is 1.54. The van der Waals surface area contributed by atoms with Gasteiger partial charge in [-0.05, 0) is 37.5 Å². The average Bonchev–Trinajstić information content (AvgIpc) is 2.27. The molecule has 3 N–H and O–H groups in total. The topological polar surface area (TPSA) is 55.1 Å². The molecule has 3 heteroatoms. The molecule has 0 heterocycles. The summed E-state index contributed by atoms with van der Waals surface area (Å²) in [7, 11) is 0. The van der Waals surface area contributed by atoms with Crippen LogP contribution in [0.4, 0.5) is 11.4 Å². The van der Waals surface area contributed by atoms with E-state index in [4.69, 9.17) is 5.73 Å². The molecule has 1 aromatic carbocycles. The highest BCUT2D eigenvalue weighted by atomic mass is 16.1. The van der Waals surface area contributed by atoms with E-state index >= 15 is 0 Å². The predicted octanol–water partition coefficient (Wildman–Crippen LogP) is 3.01. The molecule has 88 valence electrons. The molecule has 0 aliphatic rings. The van der Waals surface area contributed by atoms with Crippen LogP contribution in [-0.2, 0) is 4.79 Å². The summed E-state index contributed by atoms with van der Waals surface area (Å²) >= 11 is 0. The van der Waals surface area contributed by atoms with Gasteiger partial charge in [0.25, 0.3) is 0 Å². The van der Waals surface area contributed by atoms with Crippen molar-refractivity contribution < 1.29 is 4.79 Å². The number of unbranched alkanes of at least 4 members (excludes halogenated alkanes) is 1. The van der Waals surface area contributed by atoms with E-state index in [2.05, 4.69) is 12.2 Å². The summed E-state index contributed by atoms with van der Waals surface area (Å²) in [5.74, 6) is 0.0438. The van der Waals surface area contributed by atoms with Gasteiger partial charge < -0.3 is 11.1 Å². The molecule has 0 spiro atoms. The van der Waals surface area contributed by atoms with Crippen molar-refractivity contribution in [1.82, 2.24) is 0 Å². The molecule has 0 fully saturated rings. The number of anilines is 2.